The Labute approximate surface area is 114 Å². The van der Waals surface area contributed by atoms with Gasteiger partial charge in [-0.3, -0.25) is 0 Å². The molecule has 1 nitrogen and oxygen atoms in total. The van der Waals surface area contributed by atoms with Gasteiger partial charge >= 0.3 is 0 Å². The number of alkyl halides is 2. The molecule has 0 aromatic carbocycles. The third-order valence-electron chi connectivity index (χ3n) is 3.77. The van der Waals surface area contributed by atoms with E-state index in [9.17, 15) is 0 Å². The van der Waals surface area contributed by atoms with Crippen molar-refractivity contribution in [1.29, 1.82) is 0 Å². The largest absolute Gasteiger partial charge is 0.473 e. The highest BCUT2D eigenvalue weighted by molar-refractivity contribution is 6.21. The van der Waals surface area contributed by atoms with E-state index in [0.717, 1.165) is 12.8 Å². The van der Waals surface area contributed by atoms with Gasteiger partial charge in [0.1, 0.15) is 0 Å². The summed E-state index contributed by atoms with van der Waals surface area (Å²) in [6.07, 6.45) is 14.8. The predicted octanol–water partition coefficient (Wildman–Crippen LogP) is 4.85. The summed E-state index contributed by atoms with van der Waals surface area (Å²) < 4.78 is 5.38. The summed E-state index contributed by atoms with van der Waals surface area (Å²) in [5.74, 6) is 0.967. The highest BCUT2D eigenvalue weighted by Crippen LogP contribution is 2.32. The maximum Gasteiger partial charge on any atom is 0.0864 e. The summed E-state index contributed by atoms with van der Waals surface area (Å²) in [5.41, 5.74) is 0. The molecule has 0 aromatic heterocycles. The lowest BCUT2D eigenvalue weighted by molar-refractivity contribution is 0.391. The Morgan fingerprint density at radius 3 is 1.59 bits per heavy atom. The maximum atomic E-state index is 6.17. The Bertz CT molecular complexity index is 260. The van der Waals surface area contributed by atoms with Crippen LogP contribution in [0, 0.1) is 11.8 Å². The second-order valence-corrected chi connectivity index (χ2v) is 6.14. The molecule has 17 heavy (non-hydrogen) atoms. The molecule has 0 amide bonds. The van der Waals surface area contributed by atoms with Gasteiger partial charge in [-0.15, -0.1) is 23.2 Å². The predicted molar refractivity (Wildman–Crippen MR) is 73.3 cm³/mol. The van der Waals surface area contributed by atoms with Gasteiger partial charge < -0.3 is 4.74 Å². The van der Waals surface area contributed by atoms with Crippen LogP contribution in [0.4, 0.5) is 0 Å². The average Bonchev–Trinajstić information content (AvgIpc) is 2.89. The summed E-state index contributed by atoms with van der Waals surface area (Å²) in [4.78, 5) is 0. The van der Waals surface area contributed by atoms with Gasteiger partial charge in [-0.05, 0) is 49.7 Å². The summed E-state index contributed by atoms with van der Waals surface area (Å²) in [5, 5.41) is 0.585. The Hall–Kier alpha value is -0.140. The van der Waals surface area contributed by atoms with E-state index in [4.69, 9.17) is 27.9 Å². The Morgan fingerprint density at radius 1 is 0.765 bits per heavy atom. The fraction of sp³-hybridized carbons (Fsp3) is 0.714. The average molecular weight is 275 g/mol. The smallest absolute Gasteiger partial charge is 0.0864 e. The van der Waals surface area contributed by atoms with E-state index in [1.807, 2.05) is 0 Å². The molecule has 4 atom stereocenters. The van der Waals surface area contributed by atoms with Crippen LogP contribution in [0.2, 0.25) is 0 Å². The van der Waals surface area contributed by atoms with Crippen LogP contribution in [0.5, 0.6) is 0 Å². The van der Waals surface area contributed by atoms with Crippen LogP contribution >= 0.6 is 23.2 Å². The first kappa shape index (κ1) is 13.3. The first-order valence-electron chi connectivity index (χ1n) is 6.54. The van der Waals surface area contributed by atoms with Gasteiger partial charge in [0.05, 0.1) is 12.5 Å². The zero-order valence-electron chi connectivity index (χ0n) is 10.0. The normalized spacial score (nSPS) is 38.5. The second-order valence-electron chi connectivity index (χ2n) is 5.01. The fourth-order valence-corrected chi connectivity index (χ4v) is 3.39. The van der Waals surface area contributed by atoms with E-state index in [0.29, 0.717) is 22.6 Å². The van der Waals surface area contributed by atoms with Crippen LogP contribution in [0.1, 0.15) is 38.5 Å². The minimum Gasteiger partial charge on any atom is -0.473 e. The number of allylic oxidation sites excluding steroid dienone is 2. The van der Waals surface area contributed by atoms with Crippen LogP contribution in [0.3, 0.4) is 0 Å². The summed E-state index contributed by atoms with van der Waals surface area (Å²) in [6, 6.07) is 0. The molecule has 0 spiro atoms. The number of hydrogen-bond donors (Lipinski definition) is 0. The lowest BCUT2D eigenvalue weighted by atomic mass is 10.1. The van der Waals surface area contributed by atoms with Gasteiger partial charge in [-0.25, -0.2) is 0 Å². The molecule has 2 aliphatic carbocycles. The quantitative estimate of drug-likeness (QED) is 0.526. The summed E-state index contributed by atoms with van der Waals surface area (Å²) in [6.45, 7) is 0. The lowest BCUT2D eigenvalue weighted by Gasteiger charge is -2.07. The minimum absolute atomic E-state index is 0.292. The van der Waals surface area contributed by atoms with Crippen LogP contribution < -0.4 is 0 Å². The van der Waals surface area contributed by atoms with Crippen molar-refractivity contribution in [3.05, 3.63) is 24.7 Å². The van der Waals surface area contributed by atoms with Gasteiger partial charge in [0.25, 0.3) is 0 Å². The molecule has 3 heteroatoms. The van der Waals surface area contributed by atoms with Gasteiger partial charge in [-0.2, -0.15) is 0 Å². The van der Waals surface area contributed by atoms with Crippen molar-refractivity contribution in [2.45, 2.75) is 49.3 Å². The topological polar surface area (TPSA) is 9.23 Å². The van der Waals surface area contributed by atoms with E-state index < -0.39 is 0 Å². The summed E-state index contributed by atoms with van der Waals surface area (Å²) >= 11 is 12.3. The van der Waals surface area contributed by atoms with E-state index in [2.05, 4.69) is 12.2 Å². The van der Waals surface area contributed by atoms with Crippen molar-refractivity contribution in [2.75, 3.05) is 0 Å². The Morgan fingerprint density at radius 2 is 1.24 bits per heavy atom. The molecule has 0 aromatic rings. The van der Waals surface area contributed by atoms with Crippen LogP contribution in [0.25, 0.3) is 0 Å². The molecule has 2 aliphatic rings. The molecular formula is C14H20Cl2O. The standard InChI is InChI=1S/C14H20Cl2O/c15-13-5-1-3-11(13)7-9-17-10-8-12-4-2-6-14(12)16/h7-14H,1-6H2. The Kier molecular flexibility index (Phi) is 5.24. The van der Waals surface area contributed by atoms with Crippen LogP contribution in [-0.2, 0) is 4.74 Å². The fourth-order valence-electron chi connectivity index (χ4n) is 2.66. The second kappa shape index (κ2) is 6.70. The van der Waals surface area contributed by atoms with Crippen molar-refractivity contribution in [2.24, 2.45) is 11.8 Å². The number of hydrogen-bond acceptors (Lipinski definition) is 1. The van der Waals surface area contributed by atoms with E-state index in [-0.39, 0.29) is 0 Å². The zero-order valence-corrected chi connectivity index (χ0v) is 11.5. The third-order valence-corrected chi connectivity index (χ3v) is 4.86. The summed E-state index contributed by atoms with van der Waals surface area (Å²) in [7, 11) is 0. The van der Waals surface area contributed by atoms with Gasteiger partial charge in [-0.1, -0.05) is 12.8 Å². The van der Waals surface area contributed by atoms with Gasteiger partial charge in [0.15, 0.2) is 0 Å². The van der Waals surface area contributed by atoms with Crippen molar-refractivity contribution in [3.8, 4) is 0 Å². The highest BCUT2D eigenvalue weighted by atomic mass is 35.5. The van der Waals surface area contributed by atoms with Crippen molar-refractivity contribution in [3.63, 3.8) is 0 Å². The van der Waals surface area contributed by atoms with E-state index in [1.54, 1.807) is 12.5 Å². The van der Waals surface area contributed by atoms with Crippen LogP contribution in [0.15, 0.2) is 24.7 Å². The molecule has 0 saturated heterocycles. The minimum atomic E-state index is 0.292. The van der Waals surface area contributed by atoms with Gasteiger partial charge in [0, 0.05) is 10.8 Å². The molecule has 96 valence electrons. The third kappa shape index (κ3) is 3.93. The molecule has 0 N–H and O–H groups in total. The van der Waals surface area contributed by atoms with Crippen molar-refractivity contribution < 1.29 is 4.74 Å². The van der Waals surface area contributed by atoms with E-state index >= 15 is 0 Å². The molecule has 0 radical (unpaired) electrons. The first-order chi connectivity index (χ1) is 8.27. The Balaban J connectivity index is 1.68. The van der Waals surface area contributed by atoms with Gasteiger partial charge in [0.2, 0.25) is 0 Å². The maximum absolute atomic E-state index is 6.17. The zero-order chi connectivity index (χ0) is 12.1. The molecule has 2 saturated carbocycles. The van der Waals surface area contributed by atoms with E-state index in [1.165, 1.54) is 25.7 Å². The number of ether oxygens (including phenoxy) is 1. The molecule has 0 bridgehead atoms. The molecule has 0 heterocycles. The number of halogens is 2. The van der Waals surface area contributed by atoms with Crippen molar-refractivity contribution in [1.82, 2.24) is 0 Å². The molecule has 2 rings (SSSR count). The van der Waals surface area contributed by atoms with Crippen molar-refractivity contribution >= 4 is 23.2 Å². The molecule has 0 aliphatic heterocycles. The first-order valence-corrected chi connectivity index (χ1v) is 7.41. The molecular weight excluding hydrogens is 255 g/mol. The molecule has 2 fully saturated rings. The SMILES string of the molecule is ClC1CCCC1C=COC=CC1CCCC1Cl. The highest BCUT2D eigenvalue weighted by Gasteiger charge is 2.23. The molecule has 4 unspecified atom stereocenters. The number of rotatable bonds is 4. The van der Waals surface area contributed by atoms with Crippen LogP contribution in [-0.4, -0.2) is 10.8 Å². The monoisotopic (exact) mass is 274 g/mol. The lowest BCUT2D eigenvalue weighted by Crippen LogP contribution is -2.03.